The average Bonchev–Trinajstić information content (AvgIpc) is 2.36. The van der Waals surface area contributed by atoms with Gasteiger partial charge in [-0.1, -0.05) is 36.5 Å². The Labute approximate surface area is 104 Å². The summed E-state index contributed by atoms with van der Waals surface area (Å²) in [5.41, 5.74) is 5.36. The van der Waals surface area contributed by atoms with E-state index in [0.717, 1.165) is 0 Å². The van der Waals surface area contributed by atoms with Crippen LogP contribution in [0.4, 0.5) is 0 Å². The Morgan fingerprint density at radius 1 is 1.06 bits per heavy atom. The molecule has 18 heavy (non-hydrogen) atoms. The standard InChI is InChI=1S/C12H12N4O2/c13-12(17)11-8-6-4-2-1-3-5-7-9-18-16-15-14-10-11/h1-10H,(H2,13,17). The lowest BCUT2D eigenvalue weighted by Crippen LogP contribution is -2.14. The quantitative estimate of drug-likeness (QED) is 0.763. The van der Waals surface area contributed by atoms with Crippen molar-refractivity contribution in [2.75, 3.05) is 0 Å². The Bertz CT molecular complexity index is 482. The van der Waals surface area contributed by atoms with Crippen LogP contribution in [0, 0.1) is 0 Å². The maximum absolute atomic E-state index is 11.0. The van der Waals surface area contributed by atoms with Gasteiger partial charge in [0.05, 0.1) is 17.1 Å². The number of rotatable bonds is 1. The first-order valence-corrected chi connectivity index (χ1v) is 5.06. The number of hydrogen-bond donors (Lipinski definition) is 1. The van der Waals surface area contributed by atoms with Crippen LogP contribution in [0.1, 0.15) is 0 Å². The van der Waals surface area contributed by atoms with Crippen molar-refractivity contribution in [1.82, 2.24) is 0 Å². The molecule has 1 amide bonds. The van der Waals surface area contributed by atoms with Crippen LogP contribution in [0.2, 0.25) is 0 Å². The van der Waals surface area contributed by atoms with E-state index in [-0.39, 0.29) is 5.57 Å². The first-order valence-electron chi connectivity index (χ1n) is 5.06. The van der Waals surface area contributed by atoms with Crippen molar-refractivity contribution < 1.29 is 9.63 Å². The Morgan fingerprint density at radius 2 is 1.72 bits per heavy atom. The summed E-state index contributed by atoms with van der Waals surface area (Å²) in [5.74, 6) is -0.604. The van der Waals surface area contributed by atoms with Gasteiger partial charge in [0.2, 0.25) is 5.91 Å². The van der Waals surface area contributed by atoms with Crippen LogP contribution < -0.4 is 5.73 Å². The van der Waals surface area contributed by atoms with Crippen LogP contribution in [-0.2, 0) is 9.63 Å². The fourth-order valence-corrected chi connectivity index (χ4v) is 0.907. The van der Waals surface area contributed by atoms with Gasteiger partial charge in [-0.2, -0.15) is 0 Å². The minimum Gasteiger partial charge on any atom is -0.366 e. The van der Waals surface area contributed by atoms with Crippen molar-refractivity contribution in [3.05, 3.63) is 60.4 Å². The van der Waals surface area contributed by atoms with Gasteiger partial charge in [0.15, 0.2) is 0 Å². The van der Waals surface area contributed by atoms with Crippen molar-refractivity contribution in [2.24, 2.45) is 21.3 Å². The van der Waals surface area contributed by atoms with Crippen molar-refractivity contribution in [3.8, 4) is 0 Å². The normalized spacial score (nSPS) is 15.7. The van der Waals surface area contributed by atoms with Gasteiger partial charge >= 0.3 is 0 Å². The highest BCUT2D eigenvalue weighted by atomic mass is 16.6. The summed E-state index contributed by atoms with van der Waals surface area (Å²) < 4.78 is 0. The third-order valence-electron chi connectivity index (χ3n) is 1.70. The SMILES string of the molecule is NC(=O)C1=CC=CC=CC=CC=CON=NN=C1. The molecule has 1 heterocycles. The van der Waals surface area contributed by atoms with Crippen LogP contribution in [0.15, 0.2) is 76.0 Å². The molecule has 6 heteroatoms. The second kappa shape index (κ2) is 8.40. The molecule has 0 fully saturated rings. The molecular weight excluding hydrogens is 232 g/mol. The van der Waals surface area contributed by atoms with E-state index >= 15 is 0 Å². The fourth-order valence-electron chi connectivity index (χ4n) is 0.907. The van der Waals surface area contributed by atoms with E-state index in [1.165, 1.54) is 18.6 Å². The number of hydrogen-bond acceptors (Lipinski definition) is 5. The molecule has 0 aromatic carbocycles. The lowest BCUT2D eigenvalue weighted by molar-refractivity contribution is -0.114. The molecule has 2 N–H and O–H groups in total. The van der Waals surface area contributed by atoms with Crippen LogP contribution >= 0.6 is 0 Å². The summed E-state index contributed by atoms with van der Waals surface area (Å²) in [6.45, 7) is 0. The summed E-state index contributed by atoms with van der Waals surface area (Å²) in [4.78, 5) is 15.7. The van der Waals surface area contributed by atoms with Crippen LogP contribution in [-0.4, -0.2) is 12.1 Å². The molecule has 6 nitrogen and oxygen atoms in total. The maximum atomic E-state index is 11.0. The van der Waals surface area contributed by atoms with Crippen LogP contribution in [0.3, 0.4) is 0 Å². The van der Waals surface area contributed by atoms with Crippen molar-refractivity contribution in [3.63, 3.8) is 0 Å². The van der Waals surface area contributed by atoms with E-state index in [9.17, 15) is 4.79 Å². The number of carbonyl (C=O) groups is 1. The summed E-state index contributed by atoms with van der Waals surface area (Å²) in [6, 6.07) is 0. The third kappa shape index (κ3) is 5.96. The fraction of sp³-hybridized carbons (Fsp3) is 0. The summed E-state index contributed by atoms with van der Waals surface area (Å²) >= 11 is 0. The molecule has 0 bridgehead atoms. The van der Waals surface area contributed by atoms with E-state index in [0.29, 0.717) is 0 Å². The maximum Gasteiger partial charge on any atom is 0.250 e. The number of primary amides is 1. The molecule has 0 aromatic rings. The van der Waals surface area contributed by atoms with Gasteiger partial charge in [-0.25, -0.2) is 0 Å². The van der Waals surface area contributed by atoms with E-state index in [1.54, 1.807) is 36.5 Å². The third-order valence-corrected chi connectivity index (χ3v) is 1.70. The lowest BCUT2D eigenvalue weighted by atomic mass is 10.2. The molecule has 0 saturated carbocycles. The highest BCUT2D eigenvalue weighted by Gasteiger charge is 1.98. The zero-order valence-electron chi connectivity index (χ0n) is 9.51. The predicted molar refractivity (Wildman–Crippen MR) is 68.3 cm³/mol. The van der Waals surface area contributed by atoms with Gasteiger partial charge in [0.25, 0.3) is 0 Å². The Morgan fingerprint density at radius 3 is 2.44 bits per heavy atom. The van der Waals surface area contributed by atoms with Crippen LogP contribution in [0.5, 0.6) is 0 Å². The molecule has 1 aliphatic rings. The van der Waals surface area contributed by atoms with Gasteiger partial charge in [0.1, 0.15) is 6.26 Å². The lowest BCUT2D eigenvalue weighted by Gasteiger charge is -1.90. The zero-order chi connectivity index (χ0) is 13.1. The number of nitrogens with zero attached hydrogens (tertiary/aromatic N) is 3. The molecule has 1 aliphatic heterocycles. The summed E-state index contributed by atoms with van der Waals surface area (Å²) in [7, 11) is 0. The minimum atomic E-state index is -0.604. The summed E-state index contributed by atoms with van der Waals surface area (Å²) in [5, 5.41) is 10.1. The van der Waals surface area contributed by atoms with E-state index < -0.39 is 5.91 Å². The van der Waals surface area contributed by atoms with Gasteiger partial charge in [-0.05, 0) is 17.4 Å². The molecule has 0 aromatic heterocycles. The summed E-state index contributed by atoms with van der Waals surface area (Å²) in [6.07, 6.45) is 16.3. The van der Waals surface area contributed by atoms with Gasteiger partial charge in [-0.15, -0.1) is 5.10 Å². The van der Waals surface area contributed by atoms with Crippen LogP contribution in [0.25, 0.3) is 0 Å². The highest BCUT2D eigenvalue weighted by molar-refractivity contribution is 6.11. The van der Waals surface area contributed by atoms with Gasteiger partial charge in [-0.3, -0.25) is 4.79 Å². The number of allylic oxidation sites excluding steroid dienone is 8. The largest absolute Gasteiger partial charge is 0.366 e. The number of nitrogens with two attached hydrogens (primary N) is 1. The van der Waals surface area contributed by atoms with Crippen molar-refractivity contribution in [2.45, 2.75) is 0 Å². The monoisotopic (exact) mass is 244 g/mol. The van der Waals surface area contributed by atoms with Crippen molar-refractivity contribution in [1.29, 1.82) is 0 Å². The Hall–Kier alpha value is -2.76. The van der Waals surface area contributed by atoms with Gasteiger partial charge in [0, 0.05) is 0 Å². The molecule has 1 rings (SSSR count). The molecule has 92 valence electrons. The molecule has 0 unspecified atom stereocenters. The number of amides is 1. The van der Waals surface area contributed by atoms with E-state index in [2.05, 4.69) is 20.4 Å². The number of carbonyl (C=O) groups excluding carboxylic acids is 1. The molecule has 0 spiro atoms. The topological polar surface area (TPSA) is 89.4 Å². The van der Waals surface area contributed by atoms with Gasteiger partial charge < -0.3 is 10.6 Å². The average molecular weight is 244 g/mol. The van der Waals surface area contributed by atoms with E-state index in [4.69, 9.17) is 5.73 Å². The molecule has 0 saturated heterocycles. The predicted octanol–water partition coefficient (Wildman–Crippen LogP) is 1.96. The molecule has 0 atom stereocenters. The van der Waals surface area contributed by atoms with Crippen molar-refractivity contribution >= 4 is 12.1 Å². The first kappa shape index (κ1) is 13.3. The minimum absolute atomic E-state index is 0.208. The smallest absolute Gasteiger partial charge is 0.250 e. The molecular formula is C12H12N4O2. The molecule has 0 aliphatic carbocycles. The highest BCUT2D eigenvalue weighted by Crippen LogP contribution is 1.93. The molecule has 0 radical (unpaired) electrons. The second-order valence-electron chi connectivity index (χ2n) is 2.99. The zero-order valence-corrected chi connectivity index (χ0v) is 9.51. The Kier molecular flexibility index (Phi) is 6.21. The van der Waals surface area contributed by atoms with E-state index in [1.807, 2.05) is 6.08 Å². The second-order valence-corrected chi connectivity index (χ2v) is 2.99. The Balaban J connectivity index is 2.88. The first-order chi connectivity index (χ1) is 8.80.